The van der Waals surface area contributed by atoms with Crippen molar-refractivity contribution in [2.75, 3.05) is 26.2 Å². The summed E-state index contributed by atoms with van der Waals surface area (Å²) in [6.45, 7) is 10.7. The van der Waals surface area contributed by atoms with Crippen LogP contribution in [0.15, 0.2) is 105 Å². The largest absolute Gasteiger partial charge is 0.337 e. The summed E-state index contributed by atoms with van der Waals surface area (Å²) in [4.78, 5) is 15.0. The van der Waals surface area contributed by atoms with Crippen molar-refractivity contribution in [2.24, 2.45) is 20.2 Å². The van der Waals surface area contributed by atoms with Crippen LogP contribution in [0.1, 0.15) is 45.7 Å². The second-order valence-electron chi connectivity index (χ2n) is 13.0. The summed E-state index contributed by atoms with van der Waals surface area (Å²) in [5.74, 6) is 1.51. The van der Waals surface area contributed by atoms with Crippen molar-refractivity contribution >= 4 is 100 Å². The number of aliphatic imine (C=N–C) groups is 2. The number of benzene rings is 4. The fraction of sp³-hybridized carbons (Fsp3) is 0.263. The maximum absolute atomic E-state index is 5.18. The van der Waals surface area contributed by atoms with Crippen LogP contribution in [0, 0.1) is 13.8 Å². The van der Waals surface area contributed by atoms with E-state index in [1.807, 2.05) is 13.8 Å². The highest BCUT2D eigenvalue weighted by atomic mass is 32.2. The van der Waals surface area contributed by atoms with Gasteiger partial charge in [-0.3, -0.25) is 0 Å². The minimum absolute atomic E-state index is 0.0972. The smallest absolute Gasteiger partial charge is 0.234 e. The number of thioether (sulfide) groups is 2. The van der Waals surface area contributed by atoms with E-state index in [4.69, 9.17) is 20.2 Å². The lowest BCUT2D eigenvalue weighted by Gasteiger charge is -2.41. The van der Waals surface area contributed by atoms with E-state index in [2.05, 4.69) is 139 Å². The first-order valence-corrected chi connectivity index (χ1v) is 21.0. The van der Waals surface area contributed by atoms with E-state index in [-0.39, 0.29) is 10.7 Å². The maximum Gasteiger partial charge on any atom is 0.234 e. The predicted octanol–water partition coefficient (Wildman–Crippen LogP) is 8.77. The highest BCUT2D eigenvalue weighted by molar-refractivity contribution is 8.14. The lowest BCUT2D eigenvalue weighted by molar-refractivity contribution is 0.209. The molecule has 2 unspecified atom stereocenters. The van der Waals surface area contributed by atoms with Crippen molar-refractivity contribution in [3.05, 3.63) is 106 Å². The van der Waals surface area contributed by atoms with E-state index in [1.54, 1.807) is 23.5 Å². The Morgan fingerprint density at radius 2 is 0.944 bits per heavy atom. The minimum atomic E-state index is -0.0972. The molecule has 6 aromatic rings. The second-order valence-corrected chi connectivity index (χ2v) is 17.9. The van der Waals surface area contributed by atoms with Crippen molar-refractivity contribution in [2.45, 2.75) is 38.4 Å². The zero-order valence-electron chi connectivity index (χ0n) is 30.1. The number of fused-ring (bicyclic) bond motifs is 2. The van der Waals surface area contributed by atoms with Gasteiger partial charge in [-0.15, -0.1) is 20.4 Å². The number of nitrogens with zero attached hydrogens (tertiary/aromatic N) is 12. The standard InChI is InChI=1S/C38H36N12S4/c1-23-41-43-35(53-23)39-37(49-33(51-25(3)45-49)31-17-9-13-27-11-5-7-15-29(27)31)47-19-21-48(22-20-47)38(40-36-44-42-24(2)54-36)50-34(52-26(4)46-50)32-18-10-14-28-12-6-8-16-30(28)32/h5-18,33-34H,19-22H2,1-4H3/b39-37+,40-38+. The Labute approximate surface area is 329 Å². The van der Waals surface area contributed by atoms with Crippen LogP contribution in [0.4, 0.5) is 10.3 Å². The summed E-state index contributed by atoms with van der Waals surface area (Å²) in [6, 6.07) is 30.0. The topological polar surface area (TPSA) is 114 Å². The van der Waals surface area contributed by atoms with Crippen LogP contribution in [0.25, 0.3) is 21.5 Å². The Hall–Kier alpha value is -4.90. The molecule has 0 radical (unpaired) electrons. The number of aromatic nitrogens is 4. The van der Waals surface area contributed by atoms with Gasteiger partial charge in [-0.05, 0) is 60.4 Å². The average Bonchev–Trinajstić information content (AvgIpc) is 3.99. The molecule has 4 aromatic carbocycles. The van der Waals surface area contributed by atoms with Crippen molar-refractivity contribution in [1.82, 2.24) is 40.2 Å². The van der Waals surface area contributed by atoms with Crippen molar-refractivity contribution < 1.29 is 0 Å². The second kappa shape index (κ2) is 14.7. The van der Waals surface area contributed by atoms with E-state index < -0.39 is 0 Å². The average molecular weight is 789 g/mol. The quantitative estimate of drug-likeness (QED) is 0.127. The van der Waals surface area contributed by atoms with E-state index in [0.29, 0.717) is 36.4 Å². The third-order valence-corrected chi connectivity index (χ3v) is 13.0. The summed E-state index contributed by atoms with van der Waals surface area (Å²) in [5.41, 5.74) is 2.39. The monoisotopic (exact) mass is 788 g/mol. The molecule has 3 aliphatic heterocycles. The van der Waals surface area contributed by atoms with Crippen LogP contribution < -0.4 is 0 Å². The number of hydrazone groups is 2. The van der Waals surface area contributed by atoms with E-state index in [0.717, 1.165) is 32.0 Å². The van der Waals surface area contributed by atoms with Gasteiger partial charge in [-0.2, -0.15) is 20.2 Å². The summed E-state index contributed by atoms with van der Waals surface area (Å²) >= 11 is 6.45. The molecule has 2 aromatic heterocycles. The molecular weight excluding hydrogens is 753 g/mol. The van der Waals surface area contributed by atoms with Crippen LogP contribution >= 0.6 is 46.2 Å². The predicted molar refractivity (Wildman–Crippen MR) is 225 cm³/mol. The summed E-state index contributed by atoms with van der Waals surface area (Å²) < 4.78 is 0. The molecule has 2 atom stereocenters. The number of piperazine rings is 1. The molecule has 0 N–H and O–H groups in total. The molecule has 0 amide bonds. The van der Waals surface area contributed by atoms with Crippen LogP contribution in [0.5, 0.6) is 0 Å². The third-order valence-electron chi connectivity index (χ3n) is 9.36. The van der Waals surface area contributed by atoms with Gasteiger partial charge >= 0.3 is 0 Å². The summed E-state index contributed by atoms with van der Waals surface area (Å²) in [5, 5.41) is 41.3. The van der Waals surface area contributed by atoms with Crippen LogP contribution in [0.3, 0.4) is 0 Å². The van der Waals surface area contributed by atoms with Crippen LogP contribution in [-0.4, -0.2) is 88.4 Å². The van der Waals surface area contributed by atoms with Crippen molar-refractivity contribution in [1.29, 1.82) is 0 Å². The number of hydrogen-bond donors (Lipinski definition) is 0. The Balaban J connectivity index is 1.06. The van der Waals surface area contributed by atoms with Gasteiger partial charge in [0.05, 0.1) is 10.1 Å². The Morgan fingerprint density at radius 1 is 0.537 bits per heavy atom. The Kier molecular flexibility index (Phi) is 9.51. The lowest BCUT2D eigenvalue weighted by atomic mass is 10.0. The summed E-state index contributed by atoms with van der Waals surface area (Å²) in [7, 11) is 0. The highest BCUT2D eigenvalue weighted by Crippen LogP contribution is 2.45. The molecular formula is C38H36N12S4. The van der Waals surface area contributed by atoms with E-state index in [9.17, 15) is 0 Å². The zero-order valence-corrected chi connectivity index (χ0v) is 33.3. The zero-order chi connectivity index (χ0) is 36.8. The molecule has 1 saturated heterocycles. The van der Waals surface area contributed by atoms with Gasteiger partial charge < -0.3 is 9.80 Å². The number of guanidine groups is 2. The molecule has 0 saturated carbocycles. The number of aryl methyl sites for hydroxylation is 2. The molecule has 5 heterocycles. The summed E-state index contributed by atoms with van der Waals surface area (Å²) in [6.07, 6.45) is 0. The van der Waals surface area contributed by atoms with Gasteiger partial charge in [0.25, 0.3) is 0 Å². The lowest BCUT2D eigenvalue weighted by Crippen LogP contribution is -2.56. The first-order chi connectivity index (χ1) is 26.4. The highest BCUT2D eigenvalue weighted by Gasteiger charge is 2.39. The van der Waals surface area contributed by atoms with Gasteiger partial charge in [-0.1, -0.05) is 131 Å². The van der Waals surface area contributed by atoms with Crippen molar-refractivity contribution in [3.8, 4) is 0 Å². The van der Waals surface area contributed by atoms with Crippen LogP contribution in [-0.2, 0) is 0 Å². The fourth-order valence-electron chi connectivity index (χ4n) is 6.97. The first kappa shape index (κ1) is 34.8. The maximum atomic E-state index is 5.18. The van der Waals surface area contributed by atoms with Crippen LogP contribution in [0.2, 0.25) is 0 Å². The Morgan fingerprint density at radius 3 is 1.35 bits per heavy atom. The molecule has 272 valence electrons. The van der Waals surface area contributed by atoms with E-state index >= 15 is 0 Å². The fourth-order valence-corrected chi connectivity index (χ4v) is 10.1. The minimum Gasteiger partial charge on any atom is -0.337 e. The van der Waals surface area contributed by atoms with Gasteiger partial charge in [0.15, 0.2) is 0 Å². The molecule has 0 aliphatic carbocycles. The normalized spacial score (nSPS) is 19.7. The molecule has 12 nitrogen and oxygen atoms in total. The van der Waals surface area contributed by atoms with Gasteiger partial charge in [0, 0.05) is 26.2 Å². The first-order valence-electron chi connectivity index (χ1n) is 17.6. The van der Waals surface area contributed by atoms with Gasteiger partial charge in [0.1, 0.15) is 20.8 Å². The molecule has 0 spiro atoms. The molecule has 3 aliphatic rings. The third kappa shape index (κ3) is 6.83. The van der Waals surface area contributed by atoms with Crippen molar-refractivity contribution in [3.63, 3.8) is 0 Å². The number of rotatable bonds is 4. The van der Waals surface area contributed by atoms with E-state index in [1.165, 1.54) is 55.3 Å². The Bertz CT molecular complexity index is 2300. The number of hydrogen-bond acceptors (Lipinski definition) is 12. The molecule has 16 heteroatoms. The van der Waals surface area contributed by atoms with Gasteiger partial charge in [-0.25, -0.2) is 10.0 Å². The SMILES string of the molecule is CC1=NN(/C(=N/c2nnc(C)s2)N2CCN(/C(=N\c3nnc(C)s3)N3N=C(C)SC3c3cccc4ccccc34)CC2)C(c2cccc3ccccc23)S1. The molecule has 9 rings (SSSR count). The molecule has 1 fully saturated rings. The molecule has 54 heavy (non-hydrogen) atoms. The van der Waals surface area contributed by atoms with Gasteiger partial charge in [0.2, 0.25) is 22.2 Å². The molecule has 0 bridgehead atoms.